The van der Waals surface area contributed by atoms with Gasteiger partial charge in [0, 0.05) is 17.3 Å². The predicted octanol–water partition coefficient (Wildman–Crippen LogP) is 5.36. The number of amides is 1. The van der Waals surface area contributed by atoms with Gasteiger partial charge in [-0.3, -0.25) is 14.9 Å². The molecule has 156 valence electrons. The van der Waals surface area contributed by atoms with Gasteiger partial charge in [-0.2, -0.15) is 4.80 Å². The first-order valence-corrected chi connectivity index (χ1v) is 9.92. The topological polar surface area (TPSA) is 103 Å². The summed E-state index contributed by atoms with van der Waals surface area (Å²) in [5, 5.41) is 22.7. The molecule has 0 aliphatic heterocycles. The molecule has 0 fully saturated rings. The lowest BCUT2D eigenvalue weighted by atomic mass is 10.0. The van der Waals surface area contributed by atoms with Gasteiger partial charge in [0.2, 0.25) is 0 Å². The second kappa shape index (κ2) is 8.16. The van der Waals surface area contributed by atoms with E-state index in [1.807, 2.05) is 24.3 Å². The molecule has 0 bridgehead atoms. The summed E-state index contributed by atoms with van der Waals surface area (Å²) in [6.07, 6.45) is 0. The highest BCUT2D eigenvalue weighted by Crippen LogP contribution is 2.26. The average molecular weight is 436 g/mol. The van der Waals surface area contributed by atoms with Crippen LogP contribution in [0.3, 0.4) is 0 Å². The van der Waals surface area contributed by atoms with E-state index in [9.17, 15) is 14.9 Å². The minimum Gasteiger partial charge on any atom is -0.322 e. The van der Waals surface area contributed by atoms with Crippen LogP contribution >= 0.6 is 11.6 Å². The van der Waals surface area contributed by atoms with Crippen LogP contribution in [0.1, 0.15) is 35.7 Å². The van der Waals surface area contributed by atoms with Gasteiger partial charge in [-0.1, -0.05) is 37.6 Å². The Morgan fingerprint density at radius 1 is 1.03 bits per heavy atom. The lowest BCUT2D eigenvalue weighted by Gasteiger charge is -2.05. The van der Waals surface area contributed by atoms with Crippen molar-refractivity contribution in [2.24, 2.45) is 0 Å². The summed E-state index contributed by atoms with van der Waals surface area (Å²) in [6.45, 7) is 4.26. The van der Waals surface area contributed by atoms with E-state index < -0.39 is 10.8 Å². The minimum absolute atomic E-state index is 0.0268. The van der Waals surface area contributed by atoms with Crippen LogP contribution in [0, 0.1) is 10.1 Å². The number of hydrogen-bond donors (Lipinski definition) is 1. The number of halogens is 1. The SMILES string of the molecule is CC(C)c1ccc(-n2nc3ccc(NC(=O)c4ccc(Cl)c([N+](=O)[O-])c4)cc3n2)cc1. The summed E-state index contributed by atoms with van der Waals surface area (Å²) in [5.74, 6) is -0.0530. The van der Waals surface area contributed by atoms with Crippen LogP contribution in [0.5, 0.6) is 0 Å². The van der Waals surface area contributed by atoms with E-state index in [-0.39, 0.29) is 16.3 Å². The molecular weight excluding hydrogens is 418 g/mol. The number of nitrogens with one attached hydrogen (secondary N) is 1. The summed E-state index contributed by atoms with van der Waals surface area (Å²) >= 11 is 5.81. The second-order valence-electron chi connectivity index (χ2n) is 7.32. The van der Waals surface area contributed by atoms with Gasteiger partial charge in [0.05, 0.1) is 10.6 Å². The third-order valence-corrected chi connectivity index (χ3v) is 5.15. The summed E-state index contributed by atoms with van der Waals surface area (Å²) < 4.78 is 0. The Kier molecular flexibility index (Phi) is 5.39. The fraction of sp³-hybridized carbons (Fsp3) is 0.136. The number of benzene rings is 3. The summed E-state index contributed by atoms with van der Waals surface area (Å²) in [5.41, 5.74) is 3.65. The Morgan fingerprint density at radius 2 is 1.74 bits per heavy atom. The normalized spacial score (nSPS) is 11.1. The lowest BCUT2D eigenvalue weighted by Crippen LogP contribution is -2.12. The zero-order valence-electron chi connectivity index (χ0n) is 16.7. The number of rotatable bonds is 5. The molecule has 0 saturated heterocycles. The number of anilines is 1. The Labute approximate surface area is 182 Å². The standard InChI is InChI=1S/C22H18ClN5O3/c1-13(2)14-3-7-17(8-4-14)27-25-19-10-6-16(12-20(19)26-27)24-22(29)15-5-9-18(23)21(11-15)28(30)31/h3-13H,1-2H3,(H,24,29). The van der Waals surface area contributed by atoms with Gasteiger partial charge in [-0.15, -0.1) is 10.2 Å². The van der Waals surface area contributed by atoms with Crippen LogP contribution in [0.15, 0.2) is 60.7 Å². The Morgan fingerprint density at radius 3 is 2.42 bits per heavy atom. The van der Waals surface area contributed by atoms with Crippen LogP contribution in [-0.2, 0) is 0 Å². The van der Waals surface area contributed by atoms with Crippen molar-refractivity contribution in [1.29, 1.82) is 0 Å². The molecule has 1 heterocycles. The molecule has 9 heteroatoms. The molecular formula is C22H18ClN5O3. The molecule has 0 aliphatic carbocycles. The van der Waals surface area contributed by atoms with Crippen molar-refractivity contribution in [2.75, 3.05) is 5.32 Å². The molecule has 0 spiro atoms. The first-order valence-electron chi connectivity index (χ1n) is 9.54. The maximum absolute atomic E-state index is 12.5. The highest BCUT2D eigenvalue weighted by Gasteiger charge is 2.17. The molecule has 0 radical (unpaired) electrons. The van der Waals surface area contributed by atoms with E-state index in [0.717, 1.165) is 11.8 Å². The molecule has 1 aromatic heterocycles. The number of nitro benzene ring substituents is 1. The number of hydrogen-bond acceptors (Lipinski definition) is 5. The lowest BCUT2D eigenvalue weighted by molar-refractivity contribution is -0.384. The molecule has 8 nitrogen and oxygen atoms in total. The maximum Gasteiger partial charge on any atom is 0.288 e. The van der Waals surface area contributed by atoms with Gasteiger partial charge in [-0.25, -0.2) is 0 Å². The number of nitrogens with zero attached hydrogens (tertiary/aromatic N) is 4. The fourth-order valence-corrected chi connectivity index (χ4v) is 3.28. The Balaban J connectivity index is 1.58. The van der Waals surface area contributed by atoms with Crippen molar-refractivity contribution in [3.63, 3.8) is 0 Å². The fourth-order valence-electron chi connectivity index (χ4n) is 3.10. The zero-order valence-corrected chi connectivity index (χ0v) is 17.5. The number of aromatic nitrogens is 3. The van der Waals surface area contributed by atoms with Crippen molar-refractivity contribution >= 4 is 39.9 Å². The van der Waals surface area contributed by atoms with Crippen LogP contribution < -0.4 is 5.32 Å². The predicted molar refractivity (Wildman–Crippen MR) is 119 cm³/mol. The third kappa shape index (κ3) is 4.24. The van der Waals surface area contributed by atoms with Gasteiger partial charge in [0.15, 0.2) is 0 Å². The van der Waals surface area contributed by atoms with Crippen molar-refractivity contribution in [2.45, 2.75) is 19.8 Å². The van der Waals surface area contributed by atoms with Gasteiger partial charge < -0.3 is 5.32 Å². The number of carbonyl (C=O) groups is 1. The second-order valence-corrected chi connectivity index (χ2v) is 7.72. The number of fused-ring (bicyclic) bond motifs is 1. The largest absolute Gasteiger partial charge is 0.322 e. The summed E-state index contributed by atoms with van der Waals surface area (Å²) in [6, 6.07) is 17.1. The minimum atomic E-state index is -0.628. The van der Waals surface area contributed by atoms with Crippen LogP contribution in [0.25, 0.3) is 16.7 Å². The Hall–Kier alpha value is -3.78. The first kappa shape index (κ1) is 20.5. The molecule has 1 N–H and O–H groups in total. The van der Waals surface area contributed by atoms with Crippen LogP contribution in [0.4, 0.5) is 11.4 Å². The van der Waals surface area contributed by atoms with E-state index in [4.69, 9.17) is 11.6 Å². The summed E-state index contributed by atoms with van der Waals surface area (Å²) in [4.78, 5) is 24.5. The molecule has 4 aromatic rings. The van der Waals surface area contributed by atoms with Gasteiger partial charge in [-0.05, 0) is 53.9 Å². The number of nitro groups is 1. The first-order chi connectivity index (χ1) is 14.8. The van der Waals surface area contributed by atoms with Crippen molar-refractivity contribution in [1.82, 2.24) is 15.0 Å². The molecule has 0 unspecified atom stereocenters. The van der Waals surface area contributed by atoms with E-state index in [1.54, 1.807) is 23.0 Å². The molecule has 0 saturated carbocycles. The van der Waals surface area contributed by atoms with E-state index in [1.165, 1.54) is 17.7 Å². The summed E-state index contributed by atoms with van der Waals surface area (Å²) in [7, 11) is 0. The maximum atomic E-state index is 12.5. The third-order valence-electron chi connectivity index (χ3n) is 4.83. The Bertz CT molecular complexity index is 1300. The molecule has 0 atom stereocenters. The monoisotopic (exact) mass is 435 g/mol. The van der Waals surface area contributed by atoms with E-state index in [0.29, 0.717) is 22.6 Å². The van der Waals surface area contributed by atoms with Gasteiger partial charge in [0.25, 0.3) is 11.6 Å². The molecule has 1 amide bonds. The zero-order chi connectivity index (χ0) is 22.1. The smallest absolute Gasteiger partial charge is 0.288 e. The van der Waals surface area contributed by atoms with Crippen molar-refractivity contribution < 1.29 is 9.72 Å². The quantitative estimate of drug-likeness (QED) is 0.336. The average Bonchev–Trinajstić information content (AvgIpc) is 3.17. The molecule has 4 rings (SSSR count). The van der Waals surface area contributed by atoms with Crippen LogP contribution in [-0.4, -0.2) is 25.8 Å². The number of carbonyl (C=O) groups excluding carboxylic acids is 1. The van der Waals surface area contributed by atoms with Gasteiger partial charge >= 0.3 is 0 Å². The van der Waals surface area contributed by atoms with E-state index >= 15 is 0 Å². The highest BCUT2D eigenvalue weighted by molar-refractivity contribution is 6.32. The molecule has 0 aliphatic rings. The molecule has 3 aromatic carbocycles. The van der Waals surface area contributed by atoms with Crippen LogP contribution in [0.2, 0.25) is 5.02 Å². The van der Waals surface area contributed by atoms with Gasteiger partial charge in [0.1, 0.15) is 16.1 Å². The van der Waals surface area contributed by atoms with Crippen molar-refractivity contribution in [3.05, 3.63) is 86.9 Å². The van der Waals surface area contributed by atoms with E-state index in [2.05, 4.69) is 29.4 Å². The highest BCUT2D eigenvalue weighted by atomic mass is 35.5. The van der Waals surface area contributed by atoms with Crippen molar-refractivity contribution in [3.8, 4) is 5.69 Å². The molecule has 31 heavy (non-hydrogen) atoms.